The fourth-order valence-corrected chi connectivity index (χ4v) is 2.96. The molecular formula is C17H24N2O5. The number of hydrogen-bond donors (Lipinski definition) is 2. The van der Waals surface area contributed by atoms with Gasteiger partial charge in [0.15, 0.2) is 6.10 Å². The summed E-state index contributed by atoms with van der Waals surface area (Å²) in [7, 11) is 1.66. The van der Waals surface area contributed by atoms with Crippen molar-refractivity contribution in [1.82, 2.24) is 9.80 Å². The van der Waals surface area contributed by atoms with E-state index in [0.717, 1.165) is 11.1 Å². The quantitative estimate of drug-likeness (QED) is 0.745. The van der Waals surface area contributed by atoms with Crippen molar-refractivity contribution in [3.05, 3.63) is 35.4 Å². The number of likely N-dealkylation sites (N-methyl/N-ethyl adjacent to an activating group) is 1. The van der Waals surface area contributed by atoms with Gasteiger partial charge in [-0.2, -0.15) is 0 Å². The Kier molecular flexibility index (Phi) is 6.30. The van der Waals surface area contributed by atoms with Crippen molar-refractivity contribution in [3.63, 3.8) is 0 Å². The van der Waals surface area contributed by atoms with Crippen LogP contribution in [0.5, 0.6) is 0 Å². The van der Waals surface area contributed by atoms with Gasteiger partial charge in [-0.3, -0.25) is 9.59 Å². The highest BCUT2D eigenvalue weighted by Gasteiger charge is 2.42. The summed E-state index contributed by atoms with van der Waals surface area (Å²) in [5.74, 6) is -0.533. The lowest BCUT2D eigenvalue weighted by Crippen LogP contribution is -2.54. The third-order valence-corrected chi connectivity index (χ3v) is 4.29. The lowest BCUT2D eigenvalue weighted by atomic mass is 9.93. The Morgan fingerprint density at radius 2 is 1.92 bits per heavy atom. The van der Waals surface area contributed by atoms with Crippen molar-refractivity contribution in [2.75, 3.05) is 40.0 Å². The highest BCUT2D eigenvalue weighted by Crippen LogP contribution is 2.32. The first kappa shape index (κ1) is 18.4. The SMILES string of the molecule is Cc1ccccc1[C@@H]1[C@@H](C(=O)N(CCO)CCO)OCC(=O)N1C. The Balaban J connectivity index is 2.36. The normalized spacial score (nSPS) is 21.0. The zero-order chi connectivity index (χ0) is 17.7. The molecule has 1 aliphatic heterocycles. The van der Waals surface area contributed by atoms with Gasteiger partial charge in [-0.05, 0) is 18.1 Å². The number of carbonyl (C=O) groups excluding carboxylic acids is 2. The summed E-state index contributed by atoms with van der Waals surface area (Å²) in [6.45, 7) is 1.56. The van der Waals surface area contributed by atoms with Crippen LogP contribution < -0.4 is 0 Å². The van der Waals surface area contributed by atoms with Crippen molar-refractivity contribution in [3.8, 4) is 0 Å². The monoisotopic (exact) mass is 336 g/mol. The van der Waals surface area contributed by atoms with Gasteiger partial charge in [0.05, 0.1) is 19.3 Å². The lowest BCUT2D eigenvalue weighted by molar-refractivity contribution is -0.168. The highest BCUT2D eigenvalue weighted by molar-refractivity contribution is 5.86. The number of amides is 2. The number of morpholine rings is 1. The van der Waals surface area contributed by atoms with E-state index in [1.165, 1.54) is 9.80 Å². The molecule has 7 nitrogen and oxygen atoms in total. The molecule has 0 bridgehead atoms. The molecule has 1 heterocycles. The van der Waals surface area contributed by atoms with Crippen LogP contribution in [0.3, 0.4) is 0 Å². The van der Waals surface area contributed by atoms with Gasteiger partial charge in [0.25, 0.3) is 5.91 Å². The van der Waals surface area contributed by atoms with Crippen LogP contribution in [0.2, 0.25) is 0 Å². The van der Waals surface area contributed by atoms with Gasteiger partial charge < -0.3 is 24.7 Å². The number of aryl methyl sites for hydroxylation is 1. The van der Waals surface area contributed by atoms with Crippen LogP contribution in [0.1, 0.15) is 17.2 Å². The first-order chi connectivity index (χ1) is 11.5. The summed E-state index contributed by atoms with van der Waals surface area (Å²) in [6.07, 6.45) is -0.869. The van der Waals surface area contributed by atoms with Crippen LogP contribution in [0.25, 0.3) is 0 Å². The largest absolute Gasteiger partial charge is 0.395 e. The zero-order valence-corrected chi connectivity index (χ0v) is 14.0. The summed E-state index contributed by atoms with van der Waals surface area (Å²) in [5, 5.41) is 18.3. The first-order valence-corrected chi connectivity index (χ1v) is 7.94. The van der Waals surface area contributed by atoms with Crippen molar-refractivity contribution < 1.29 is 24.5 Å². The summed E-state index contributed by atoms with van der Waals surface area (Å²) < 4.78 is 5.57. The standard InChI is InChI=1S/C17H24N2O5/c1-12-5-3-4-6-13(12)15-16(24-11-14(22)18(15)2)17(23)19(7-9-20)8-10-21/h3-6,15-16,20-21H,7-11H2,1-2H3/t15-,16+/m1/s1. The third kappa shape index (κ3) is 3.75. The Hall–Kier alpha value is -1.96. The van der Waals surface area contributed by atoms with E-state index in [0.29, 0.717) is 0 Å². The number of aliphatic hydroxyl groups is 2. The molecule has 0 spiro atoms. The van der Waals surface area contributed by atoms with Gasteiger partial charge in [-0.15, -0.1) is 0 Å². The predicted octanol–water partition coefficient (Wildman–Crippen LogP) is -0.293. The average Bonchev–Trinajstić information content (AvgIpc) is 2.57. The maximum Gasteiger partial charge on any atom is 0.254 e. The Labute approximate surface area is 141 Å². The van der Waals surface area contributed by atoms with Gasteiger partial charge in [0.2, 0.25) is 5.91 Å². The van der Waals surface area contributed by atoms with Crippen LogP contribution in [-0.4, -0.2) is 77.9 Å². The van der Waals surface area contributed by atoms with Gasteiger partial charge in [-0.1, -0.05) is 24.3 Å². The molecule has 1 saturated heterocycles. The molecule has 1 aliphatic rings. The molecule has 2 N–H and O–H groups in total. The van der Waals surface area contributed by atoms with Crippen LogP contribution >= 0.6 is 0 Å². The molecule has 24 heavy (non-hydrogen) atoms. The summed E-state index contributed by atoms with van der Waals surface area (Å²) >= 11 is 0. The maximum atomic E-state index is 12.9. The van der Waals surface area contributed by atoms with E-state index in [9.17, 15) is 9.59 Å². The van der Waals surface area contributed by atoms with Gasteiger partial charge in [0, 0.05) is 20.1 Å². The van der Waals surface area contributed by atoms with Crippen LogP contribution in [0, 0.1) is 6.92 Å². The molecule has 1 aromatic rings. The molecule has 1 fully saturated rings. The Bertz CT molecular complexity index is 586. The van der Waals surface area contributed by atoms with Gasteiger partial charge >= 0.3 is 0 Å². The van der Waals surface area contributed by atoms with E-state index in [1.807, 2.05) is 31.2 Å². The van der Waals surface area contributed by atoms with Crippen molar-refractivity contribution in [2.45, 2.75) is 19.1 Å². The fraction of sp³-hybridized carbons (Fsp3) is 0.529. The van der Waals surface area contributed by atoms with E-state index in [4.69, 9.17) is 14.9 Å². The number of hydrogen-bond acceptors (Lipinski definition) is 5. The van der Waals surface area contributed by atoms with Crippen molar-refractivity contribution in [1.29, 1.82) is 0 Å². The lowest BCUT2D eigenvalue weighted by Gasteiger charge is -2.40. The summed E-state index contributed by atoms with van der Waals surface area (Å²) in [6, 6.07) is 7.00. The molecule has 0 aromatic heterocycles. The second-order valence-corrected chi connectivity index (χ2v) is 5.81. The number of aliphatic hydroxyl groups excluding tert-OH is 2. The van der Waals surface area contributed by atoms with E-state index in [-0.39, 0.29) is 44.7 Å². The van der Waals surface area contributed by atoms with Crippen LogP contribution in [0.15, 0.2) is 24.3 Å². The average molecular weight is 336 g/mol. The molecule has 0 aliphatic carbocycles. The molecular weight excluding hydrogens is 312 g/mol. The smallest absolute Gasteiger partial charge is 0.254 e. The topological polar surface area (TPSA) is 90.3 Å². The van der Waals surface area contributed by atoms with Crippen LogP contribution in [-0.2, 0) is 14.3 Å². The molecule has 2 atom stereocenters. The van der Waals surface area contributed by atoms with Gasteiger partial charge in [0.1, 0.15) is 6.61 Å². The zero-order valence-electron chi connectivity index (χ0n) is 14.0. The van der Waals surface area contributed by atoms with E-state index in [1.54, 1.807) is 7.05 Å². The van der Waals surface area contributed by atoms with E-state index < -0.39 is 12.1 Å². The van der Waals surface area contributed by atoms with Gasteiger partial charge in [-0.25, -0.2) is 0 Å². The Morgan fingerprint density at radius 3 is 2.50 bits per heavy atom. The molecule has 7 heteroatoms. The van der Waals surface area contributed by atoms with E-state index in [2.05, 4.69) is 0 Å². The number of nitrogens with zero attached hydrogens (tertiary/aromatic N) is 2. The molecule has 2 rings (SSSR count). The minimum atomic E-state index is -0.869. The molecule has 132 valence electrons. The predicted molar refractivity (Wildman–Crippen MR) is 87.2 cm³/mol. The fourth-order valence-electron chi connectivity index (χ4n) is 2.96. The number of rotatable bonds is 6. The molecule has 0 unspecified atom stereocenters. The number of ether oxygens (including phenoxy) is 1. The summed E-state index contributed by atoms with van der Waals surface area (Å²) in [5.41, 5.74) is 1.81. The first-order valence-electron chi connectivity index (χ1n) is 7.94. The minimum Gasteiger partial charge on any atom is -0.395 e. The van der Waals surface area contributed by atoms with E-state index >= 15 is 0 Å². The second kappa shape index (κ2) is 8.23. The molecule has 0 saturated carbocycles. The van der Waals surface area contributed by atoms with Crippen molar-refractivity contribution >= 4 is 11.8 Å². The summed E-state index contributed by atoms with van der Waals surface area (Å²) in [4.78, 5) is 27.8. The Morgan fingerprint density at radius 1 is 1.29 bits per heavy atom. The maximum absolute atomic E-state index is 12.9. The third-order valence-electron chi connectivity index (χ3n) is 4.29. The second-order valence-electron chi connectivity index (χ2n) is 5.81. The van der Waals surface area contributed by atoms with Crippen molar-refractivity contribution in [2.24, 2.45) is 0 Å². The number of carbonyl (C=O) groups is 2. The molecule has 1 aromatic carbocycles. The van der Waals surface area contributed by atoms with Crippen LogP contribution in [0.4, 0.5) is 0 Å². The highest BCUT2D eigenvalue weighted by atomic mass is 16.5. The molecule has 2 amide bonds. The number of benzene rings is 1. The minimum absolute atomic E-state index is 0.109. The molecule has 0 radical (unpaired) electrons.